The highest BCUT2D eigenvalue weighted by Gasteiger charge is 2.41. The molecular weight excluding hydrogens is 248 g/mol. The van der Waals surface area contributed by atoms with Crippen molar-refractivity contribution in [2.75, 3.05) is 0 Å². The summed E-state index contributed by atoms with van der Waals surface area (Å²) in [5.41, 5.74) is 0.187. The second kappa shape index (κ2) is 4.62. The fourth-order valence-electron chi connectivity index (χ4n) is 2.73. The number of carboxylic acids is 1. The zero-order valence-electron chi connectivity index (χ0n) is 10.2. The topological polar surface area (TPSA) is 88.5 Å². The third kappa shape index (κ3) is 2.31. The Kier molecular flexibility index (Phi) is 2.94. The van der Waals surface area contributed by atoms with Crippen LogP contribution in [0, 0.1) is 0 Å². The first kappa shape index (κ1) is 12.1. The molecule has 0 aromatic carbocycles. The van der Waals surface area contributed by atoms with E-state index in [4.69, 9.17) is 9.84 Å². The molecule has 0 unspecified atom stereocenters. The van der Waals surface area contributed by atoms with Crippen LogP contribution in [0.25, 0.3) is 0 Å². The van der Waals surface area contributed by atoms with E-state index in [2.05, 4.69) is 10.3 Å². The van der Waals surface area contributed by atoms with Crippen molar-refractivity contribution < 1.29 is 19.4 Å². The maximum Gasteiger partial charge on any atom is 0.354 e. The number of amides is 1. The molecule has 0 saturated carbocycles. The summed E-state index contributed by atoms with van der Waals surface area (Å²) >= 11 is 0. The van der Waals surface area contributed by atoms with E-state index in [-0.39, 0.29) is 29.9 Å². The summed E-state index contributed by atoms with van der Waals surface area (Å²) in [7, 11) is 0. The number of hydrogen-bond acceptors (Lipinski definition) is 4. The van der Waals surface area contributed by atoms with E-state index in [0.29, 0.717) is 5.56 Å². The first-order valence-electron chi connectivity index (χ1n) is 6.29. The van der Waals surface area contributed by atoms with Crippen LogP contribution in [0.5, 0.6) is 0 Å². The van der Waals surface area contributed by atoms with Crippen molar-refractivity contribution in [2.24, 2.45) is 0 Å². The molecule has 2 fully saturated rings. The fraction of sp³-hybridized carbons (Fsp3) is 0.462. The Hall–Kier alpha value is -1.95. The number of carbonyl (C=O) groups is 2. The molecule has 2 N–H and O–H groups in total. The number of nitrogens with zero attached hydrogens (tertiary/aromatic N) is 1. The maximum atomic E-state index is 12.1. The molecule has 19 heavy (non-hydrogen) atoms. The summed E-state index contributed by atoms with van der Waals surface area (Å²) in [4.78, 5) is 26.6. The van der Waals surface area contributed by atoms with E-state index < -0.39 is 5.97 Å². The van der Waals surface area contributed by atoms with E-state index in [1.807, 2.05) is 0 Å². The van der Waals surface area contributed by atoms with Gasteiger partial charge in [-0.15, -0.1) is 0 Å². The van der Waals surface area contributed by atoms with Crippen LogP contribution in [-0.2, 0) is 4.74 Å². The van der Waals surface area contributed by atoms with E-state index in [9.17, 15) is 9.59 Å². The fourth-order valence-corrected chi connectivity index (χ4v) is 2.73. The monoisotopic (exact) mass is 262 g/mol. The van der Waals surface area contributed by atoms with Gasteiger partial charge in [-0.2, -0.15) is 0 Å². The van der Waals surface area contributed by atoms with Gasteiger partial charge in [0.1, 0.15) is 5.69 Å². The van der Waals surface area contributed by atoms with Gasteiger partial charge in [0.05, 0.1) is 18.2 Å². The molecule has 2 aliphatic heterocycles. The van der Waals surface area contributed by atoms with Gasteiger partial charge in [-0.3, -0.25) is 4.79 Å². The highest BCUT2D eigenvalue weighted by molar-refractivity contribution is 5.96. The highest BCUT2D eigenvalue weighted by Crippen LogP contribution is 2.34. The normalized spacial score (nSPS) is 28.3. The Labute approximate surface area is 109 Å². The standard InChI is InChI=1S/C13H14N2O4/c16-12(7-3-4-14-10(5-7)13(17)18)15-9-6-8-1-2-11(9)19-8/h3-5,8-9,11H,1-2,6H2,(H,15,16)(H,17,18)/t8-,9-,11+/m1/s1. The average molecular weight is 262 g/mol. The van der Waals surface area contributed by atoms with Gasteiger partial charge in [0.2, 0.25) is 0 Å². The van der Waals surface area contributed by atoms with Crippen LogP contribution in [0.3, 0.4) is 0 Å². The lowest BCUT2D eigenvalue weighted by molar-refractivity contribution is 0.0690. The molecule has 0 spiro atoms. The Morgan fingerprint density at radius 3 is 2.89 bits per heavy atom. The zero-order chi connectivity index (χ0) is 13.4. The van der Waals surface area contributed by atoms with Gasteiger partial charge in [0, 0.05) is 11.8 Å². The third-order valence-electron chi connectivity index (χ3n) is 3.66. The molecule has 2 bridgehead atoms. The summed E-state index contributed by atoms with van der Waals surface area (Å²) in [6.45, 7) is 0. The van der Waals surface area contributed by atoms with Gasteiger partial charge in [-0.05, 0) is 31.4 Å². The molecule has 1 aromatic heterocycles. The Bertz CT molecular complexity index is 531. The zero-order valence-corrected chi connectivity index (χ0v) is 10.2. The minimum Gasteiger partial charge on any atom is -0.477 e. The number of carbonyl (C=O) groups excluding carboxylic acids is 1. The van der Waals surface area contributed by atoms with Crippen molar-refractivity contribution in [2.45, 2.75) is 37.5 Å². The molecule has 0 radical (unpaired) electrons. The van der Waals surface area contributed by atoms with E-state index in [0.717, 1.165) is 19.3 Å². The first-order chi connectivity index (χ1) is 9.13. The Morgan fingerprint density at radius 1 is 1.42 bits per heavy atom. The molecule has 3 atom stereocenters. The molecular formula is C13H14N2O4. The van der Waals surface area contributed by atoms with Gasteiger partial charge < -0.3 is 15.2 Å². The Morgan fingerprint density at radius 2 is 2.26 bits per heavy atom. The van der Waals surface area contributed by atoms with E-state index >= 15 is 0 Å². The van der Waals surface area contributed by atoms with Gasteiger partial charge >= 0.3 is 5.97 Å². The number of rotatable bonds is 3. The summed E-state index contributed by atoms with van der Waals surface area (Å²) in [6, 6.07) is 2.83. The SMILES string of the molecule is O=C(N[C@@H]1C[C@H]2CC[C@@H]1O2)c1ccnc(C(=O)O)c1. The second-order valence-electron chi connectivity index (χ2n) is 4.92. The lowest BCUT2D eigenvalue weighted by Crippen LogP contribution is -2.41. The second-order valence-corrected chi connectivity index (χ2v) is 4.92. The molecule has 1 aromatic rings. The minimum absolute atomic E-state index is 0.0349. The number of nitrogens with one attached hydrogen (secondary N) is 1. The number of ether oxygens (including phenoxy) is 1. The quantitative estimate of drug-likeness (QED) is 0.842. The van der Waals surface area contributed by atoms with Gasteiger partial charge in [0.25, 0.3) is 5.91 Å². The first-order valence-corrected chi connectivity index (χ1v) is 6.29. The lowest BCUT2D eigenvalue weighted by Gasteiger charge is -2.20. The molecule has 1 amide bonds. The summed E-state index contributed by atoms with van der Waals surface area (Å²) in [5, 5.41) is 11.8. The average Bonchev–Trinajstić information content (AvgIpc) is 3.01. The summed E-state index contributed by atoms with van der Waals surface area (Å²) < 4.78 is 5.66. The highest BCUT2D eigenvalue weighted by atomic mass is 16.5. The molecule has 2 aliphatic rings. The number of aromatic carboxylic acids is 1. The van der Waals surface area contributed by atoms with Crippen LogP contribution in [0.4, 0.5) is 0 Å². The van der Waals surface area contributed by atoms with Crippen LogP contribution in [0.2, 0.25) is 0 Å². The van der Waals surface area contributed by atoms with E-state index in [1.165, 1.54) is 18.3 Å². The molecule has 100 valence electrons. The molecule has 2 saturated heterocycles. The van der Waals surface area contributed by atoms with Crippen LogP contribution < -0.4 is 5.32 Å². The number of pyridine rings is 1. The van der Waals surface area contributed by atoms with Crippen LogP contribution in [-0.4, -0.2) is 40.2 Å². The third-order valence-corrected chi connectivity index (χ3v) is 3.66. The van der Waals surface area contributed by atoms with Gasteiger partial charge in [0.15, 0.2) is 0 Å². The van der Waals surface area contributed by atoms with Crippen molar-refractivity contribution in [3.05, 3.63) is 29.6 Å². The summed E-state index contributed by atoms with van der Waals surface area (Å²) in [6.07, 6.45) is 4.59. The lowest BCUT2D eigenvalue weighted by atomic mass is 9.95. The van der Waals surface area contributed by atoms with Crippen LogP contribution >= 0.6 is 0 Å². The van der Waals surface area contributed by atoms with Crippen molar-refractivity contribution in [3.8, 4) is 0 Å². The van der Waals surface area contributed by atoms with Crippen molar-refractivity contribution >= 4 is 11.9 Å². The molecule has 6 heteroatoms. The van der Waals surface area contributed by atoms with Gasteiger partial charge in [-0.25, -0.2) is 9.78 Å². The van der Waals surface area contributed by atoms with Crippen LogP contribution in [0.1, 0.15) is 40.1 Å². The van der Waals surface area contributed by atoms with Gasteiger partial charge in [-0.1, -0.05) is 0 Å². The number of aromatic nitrogens is 1. The van der Waals surface area contributed by atoms with E-state index in [1.54, 1.807) is 0 Å². The number of hydrogen-bond donors (Lipinski definition) is 2. The van der Waals surface area contributed by atoms with Crippen molar-refractivity contribution in [1.82, 2.24) is 10.3 Å². The smallest absolute Gasteiger partial charge is 0.354 e. The van der Waals surface area contributed by atoms with Crippen molar-refractivity contribution in [1.29, 1.82) is 0 Å². The molecule has 0 aliphatic carbocycles. The Balaban J connectivity index is 1.70. The van der Waals surface area contributed by atoms with Crippen molar-refractivity contribution in [3.63, 3.8) is 0 Å². The predicted octanol–water partition coefficient (Wildman–Crippen LogP) is 0.829. The predicted molar refractivity (Wildman–Crippen MR) is 65.0 cm³/mol. The molecule has 3 heterocycles. The summed E-state index contributed by atoms with van der Waals surface area (Å²) in [5.74, 6) is -1.41. The minimum atomic E-state index is -1.14. The number of carboxylic acid groups (broad SMARTS) is 1. The largest absolute Gasteiger partial charge is 0.477 e. The van der Waals surface area contributed by atoms with Crippen LogP contribution in [0.15, 0.2) is 18.3 Å². The molecule has 3 rings (SSSR count). The number of fused-ring (bicyclic) bond motifs is 2. The molecule has 6 nitrogen and oxygen atoms in total. The maximum absolute atomic E-state index is 12.1.